The number of rotatable bonds is 4. The first-order valence-corrected chi connectivity index (χ1v) is 7.30. The van der Waals surface area contributed by atoms with E-state index >= 15 is 0 Å². The summed E-state index contributed by atoms with van der Waals surface area (Å²) in [5.74, 6) is 0.364. The van der Waals surface area contributed by atoms with Crippen LogP contribution in [0.2, 0.25) is 0 Å². The summed E-state index contributed by atoms with van der Waals surface area (Å²) < 4.78 is 23.8. The van der Waals surface area contributed by atoms with Crippen molar-refractivity contribution in [3.63, 3.8) is 0 Å². The van der Waals surface area contributed by atoms with Crippen LogP contribution in [0.1, 0.15) is 18.4 Å². The summed E-state index contributed by atoms with van der Waals surface area (Å²) in [5, 5.41) is 3.21. The first-order chi connectivity index (χ1) is 7.66. The summed E-state index contributed by atoms with van der Waals surface area (Å²) in [6.07, 6.45) is 5.29. The minimum Gasteiger partial charge on any atom is -0.313 e. The molecular formula is C11H17ClN2O2S. The van der Waals surface area contributed by atoms with Gasteiger partial charge in [0.2, 0.25) is 0 Å². The molecule has 6 heteroatoms. The summed E-state index contributed by atoms with van der Waals surface area (Å²) in [7, 11) is -3.01. The molecule has 1 aliphatic rings. The minimum absolute atomic E-state index is 0. The molecule has 17 heavy (non-hydrogen) atoms. The Morgan fingerprint density at radius 1 is 1.35 bits per heavy atom. The first kappa shape index (κ1) is 14.4. The molecule has 1 fully saturated rings. The Kier molecular flexibility index (Phi) is 5.36. The maximum absolute atomic E-state index is 11.9. The maximum Gasteiger partial charge on any atom is 0.155 e. The van der Waals surface area contributed by atoms with Gasteiger partial charge in [-0.3, -0.25) is 4.98 Å². The molecule has 2 rings (SSSR count). The molecule has 1 unspecified atom stereocenters. The lowest BCUT2D eigenvalue weighted by Gasteiger charge is -2.10. The van der Waals surface area contributed by atoms with Crippen molar-refractivity contribution in [2.45, 2.75) is 24.6 Å². The van der Waals surface area contributed by atoms with Crippen molar-refractivity contribution in [1.82, 2.24) is 10.3 Å². The lowest BCUT2D eigenvalue weighted by molar-refractivity contribution is 0.576. The Bertz CT molecular complexity index is 430. The third-order valence-corrected chi connectivity index (χ3v) is 4.44. The Morgan fingerprint density at radius 2 is 2.06 bits per heavy atom. The molecule has 96 valence electrons. The van der Waals surface area contributed by atoms with Crippen molar-refractivity contribution in [3.05, 3.63) is 30.1 Å². The molecule has 1 atom stereocenters. The number of hydrogen-bond donors (Lipinski definition) is 1. The Labute approximate surface area is 108 Å². The standard InChI is InChI=1S/C11H16N2O2S.ClH/c14-16(15,9-11-2-1-5-13-11)8-10-3-6-12-7-4-10;/h3-4,6-7,11,13H,1-2,5,8-9H2;1H. The van der Waals surface area contributed by atoms with E-state index in [-0.39, 0.29) is 30.0 Å². The smallest absolute Gasteiger partial charge is 0.155 e. The third kappa shape index (κ3) is 4.61. The van der Waals surface area contributed by atoms with E-state index in [2.05, 4.69) is 10.3 Å². The quantitative estimate of drug-likeness (QED) is 0.897. The number of halogens is 1. The van der Waals surface area contributed by atoms with Crippen LogP contribution in [0.25, 0.3) is 0 Å². The van der Waals surface area contributed by atoms with Crippen LogP contribution in [0, 0.1) is 0 Å². The van der Waals surface area contributed by atoms with Crippen molar-refractivity contribution in [2.24, 2.45) is 0 Å². The molecule has 0 bridgehead atoms. The number of sulfone groups is 1. The van der Waals surface area contributed by atoms with Crippen molar-refractivity contribution in [2.75, 3.05) is 12.3 Å². The van der Waals surface area contributed by atoms with Crippen LogP contribution in [0.4, 0.5) is 0 Å². The predicted molar refractivity (Wildman–Crippen MR) is 70.0 cm³/mol. The average molecular weight is 277 g/mol. The van der Waals surface area contributed by atoms with Gasteiger partial charge in [-0.25, -0.2) is 8.42 Å². The molecule has 1 N–H and O–H groups in total. The zero-order chi connectivity index (χ0) is 11.4. The summed E-state index contributed by atoms with van der Waals surface area (Å²) >= 11 is 0. The number of nitrogens with one attached hydrogen (secondary N) is 1. The fourth-order valence-electron chi connectivity index (χ4n) is 2.00. The molecule has 0 aliphatic carbocycles. The predicted octanol–water partition coefficient (Wildman–Crippen LogP) is 1.17. The molecule has 0 aromatic carbocycles. The highest BCUT2D eigenvalue weighted by molar-refractivity contribution is 7.90. The molecule has 0 amide bonds. The Hall–Kier alpha value is -0.650. The number of nitrogens with zero attached hydrogens (tertiary/aromatic N) is 1. The van der Waals surface area contributed by atoms with Gasteiger partial charge in [-0.05, 0) is 37.1 Å². The second-order valence-corrected chi connectivity index (χ2v) is 6.31. The van der Waals surface area contributed by atoms with E-state index in [0.29, 0.717) is 0 Å². The summed E-state index contributed by atoms with van der Waals surface area (Å²) in [4.78, 5) is 3.87. The van der Waals surface area contributed by atoms with Gasteiger partial charge in [0, 0.05) is 18.4 Å². The molecule has 0 radical (unpaired) electrons. The van der Waals surface area contributed by atoms with Gasteiger partial charge in [0.25, 0.3) is 0 Å². The zero-order valence-corrected chi connectivity index (χ0v) is 11.1. The highest BCUT2D eigenvalue weighted by Crippen LogP contribution is 2.11. The largest absolute Gasteiger partial charge is 0.313 e. The highest BCUT2D eigenvalue weighted by atomic mass is 35.5. The molecule has 1 saturated heterocycles. The van der Waals surface area contributed by atoms with Crippen LogP contribution >= 0.6 is 12.4 Å². The van der Waals surface area contributed by atoms with E-state index in [1.807, 2.05) is 0 Å². The van der Waals surface area contributed by atoms with E-state index in [9.17, 15) is 8.42 Å². The highest BCUT2D eigenvalue weighted by Gasteiger charge is 2.22. The van der Waals surface area contributed by atoms with Crippen LogP contribution in [0.15, 0.2) is 24.5 Å². The van der Waals surface area contributed by atoms with Gasteiger partial charge in [-0.2, -0.15) is 0 Å². The second-order valence-electron chi connectivity index (χ2n) is 4.20. The van der Waals surface area contributed by atoms with Crippen LogP contribution in [0.5, 0.6) is 0 Å². The third-order valence-electron chi connectivity index (χ3n) is 2.75. The molecule has 1 aromatic rings. The van der Waals surface area contributed by atoms with E-state index in [4.69, 9.17) is 0 Å². The van der Waals surface area contributed by atoms with E-state index in [1.165, 1.54) is 0 Å². The maximum atomic E-state index is 11.9. The Balaban J connectivity index is 0.00000144. The van der Waals surface area contributed by atoms with E-state index in [0.717, 1.165) is 24.9 Å². The van der Waals surface area contributed by atoms with E-state index < -0.39 is 9.84 Å². The zero-order valence-electron chi connectivity index (χ0n) is 9.50. The number of pyridine rings is 1. The number of aromatic nitrogens is 1. The van der Waals surface area contributed by atoms with Gasteiger partial charge in [-0.1, -0.05) is 0 Å². The summed E-state index contributed by atoms with van der Waals surface area (Å²) in [5.41, 5.74) is 0.813. The monoisotopic (exact) mass is 276 g/mol. The summed E-state index contributed by atoms with van der Waals surface area (Å²) in [6, 6.07) is 3.64. The molecule has 0 spiro atoms. The second kappa shape index (κ2) is 6.33. The topological polar surface area (TPSA) is 59.1 Å². The molecular weight excluding hydrogens is 260 g/mol. The van der Waals surface area contributed by atoms with Crippen molar-refractivity contribution in [1.29, 1.82) is 0 Å². The molecule has 0 saturated carbocycles. The normalized spacial score (nSPS) is 19.9. The van der Waals surface area contributed by atoms with Gasteiger partial charge >= 0.3 is 0 Å². The molecule has 1 aromatic heterocycles. The fourth-order valence-corrected chi connectivity index (χ4v) is 3.71. The lowest BCUT2D eigenvalue weighted by atomic mass is 10.3. The Morgan fingerprint density at radius 3 is 2.65 bits per heavy atom. The van der Waals surface area contributed by atoms with Gasteiger partial charge in [-0.15, -0.1) is 12.4 Å². The van der Waals surface area contributed by atoms with Crippen molar-refractivity contribution < 1.29 is 8.42 Å². The van der Waals surface area contributed by atoms with Crippen LogP contribution in [-0.4, -0.2) is 31.7 Å². The van der Waals surface area contributed by atoms with Gasteiger partial charge < -0.3 is 5.32 Å². The minimum atomic E-state index is -3.01. The van der Waals surface area contributed by atoms with Gasteiger partial charge in [0.1, 0.15) is 0 Å². The molecule has 2 heterocycles. The van der Waals surface area contributed by atoms with E-state index in [1.54, 1.807) is 24.5 Å². The van der Waals surface area contributed by atoms with Crippen LogP contribution in [0.3, 0.4) is 0 Å². The summed E-state index contributed by atoms with van der Waals surface area (Å²) in [6.45, 7) is 0.940. The fraction of sp³-hybridized carbons (Fsp3) is 0.545. The van der Waals surface area contributed by atoms with Gasteiger partial charge in [0.15, 0.2) is 9.84 Å². The first-order valence-electron chi connectivity index (χ1n) is 5.48. The number of hydrogen-bond acceptors (Lipinski definition) is 4. The SMILES string of the molecule is Cl.O=S(=O)(Cc1ccncc1)CC1CCCN1. The molecule has 1 aliphatic heterocycles. The van der Waals surface area contributed by atoms with Gasteiger partial charge in [0.05, 0.1) is 11.5 Å². The average Bonchev–Trinajstić information content (AvgIpc) is 2.70. The molecule has 4 nitrogen and oxygen atoms in total. The lowest BCUT2D eigenvalue weighted by Crippen LogP contribution is -2.30. The van der Waals surface area contributed by atoms with Crippen LogP contribution in [-0.2, 0) is 15.6 Å². The van der Waals surface area contributed by atoms with Crippen LogP contribution < -0.4 is 5.32 Å². The van der Waals surface area contributed by atoms with Crippen molar-refractivity contribution in [3.8, 4) is 0 Å². The van der Waals surface area contributed by atoms with Crippen molar-refractivity contribution >= 4 is 22.2 Å².